The molecule has 0 aliphatic heterocycles. The molecule has 1 aliphatic carbocycles. The summed E-state index contributed by atoms with van der Waals surface area (Å²) in [7, 11) is 0. The minimum Gasteiger partial charge on any atom is -0.396 e. The molecule has 2 atom stereocenters. The molecule has 1 aliphatic rings. The largest absolute Gasteiger partial charge is 0.396 e. The van der Waals surface area contributed by atoms with E-state index in [0.717, 1.165) is 6.42 Å². The highest BCUT2D eigenvalue weighted by molar-refractivity contribution is 5.43. The van der Waals surface area contributed by atoms with Gasteiger partial charge in [0.05, 0.1) is 0 Å². The van der Waals surface area contributed by atoms with E-state index in [4.69, 9.17) is 0 Å². The number of rotatable bonds is 3. The summed E-state index contributed by atoms with van der Waals surface area (Å²) in [6.45, 7) is 0.310. The number of hydrogen-bond acceptors (Lipinski definition) is 2. The Labute approximate surface area is 91.3 Å². The molecule has 2 nitrogen and oxygen atoms in total. The van der Waals surface area contributed by atoms with Gasteiger partial charge >= 0.3 is 0 Å². The van der Waals surface area contributed by atoms with Gasteiger partial charge in [0.15, 0.2) is 0 Å². The fourth-order valence-corrected chi connectivity index (χ4v) is 2.36. The van der Waals surface area contributed by atoms with Crippen LogP contribution in [0.4, 0.5) is 5.69 Å². The summed E-state index contributed by atoms with van der Waals surface area (Å²) in [6, 6.07) is 10.7. The Morgan fingerprint density at radius 1 is 1.13 bits per heavy atom. The second-order valence-electron chi connectivity index (χ2n) is 4.34. The molecule has 15 heavy (non-hydrogen) atoms. The van der Waals surface area contributed by atoms with Gasteiger partial charge in [-0.25, -0.2) is 0 Å². The molecule has 0 aromatic heterocycles. The molecule has 1 aromatic carbocycles. The van der Waals surface area contributed by atoms with Crippen LogP contribution >= 0.6 is 0 Å². The lowest BCUT2D eigenvalue weighted by atomic mass is 9.85. The molecule has 1 fully saturated rings. The molecule has 0 spiro atoms. The molecule has 0 saturated heterocycles. The summed E-state index contributed by atoms with van der Waals surface area (Å²) in [5.41, 5.74) is 1.17. The topological polar surface area (TPSA) is 32.3 Å². The average Bonchev–Trinajstić information content (AvgIpc) is 2.31. The Morgan fingerprint density at radius 3 is 2.60 bits per heavy atom. The van der Waals surface area contributed by atoms with Crippen molar-refractivity contribution in [2.45, 2.75) is 31.7 Å². The number of benzene rings is 1. The monoisotopic (exact) mass is 205 g/mol. The maximum atomic E-state index is 9.30. The van der Waals surface area contributed by atoms with Gasteiger partial charge in [-0.3, -0.25) is 0 Å². The predicted molar refractivity (Wildman–Crippen MR) is 62.9 cm³/mol. The third kappa shape index (κ3) is 2.72. The Morgan fingerprint density at radius 2 is 1.87 bits per heavy atom. The fraction of sp³-hybridized carbons (Fsp3) is 0.538. The zero-order valence-electron chi connectivity index (χ0n) is 9.02. The van der Waals surface area contributed by atoms with Gasteiger partial charge in [0.1, 0.15) is 0 Å². The first-order valence-electron chi connectivity index (χ1n) is 5.82. The van der Waals surface area contributed by atoms with Gasteiger partial charge in [0, 0.05) is 24.3 Å². The lowest BCUT2D eigenvalue weighted by molar-refractivity contribution is 0.178. The third-order valence-corrected chi connectivity index (χ3v) is 3.27. The summed E-state index contributed by atoms with van der Waals surface area (Å²) < 4.78 is 0. The number of anilines is 1. The first-order chi connectivity index (χ1) is 7.40. The number of aliphatic hydroxyl groups excluding tert-OH is 1. The molecule has 0 amide bonds. The highest BCUT2D eigenvalue weighted by Gasteiger charge is 2.23. The van der Waals surface area contributed by atoms with Crippen molar-refractivity contribution in [1.82, 2.24) is 0 Å². The molecule has 82 valence electrons. The third-order valence-electron chi connectivity index (χ3n) is 3.27. The van der Waals surface area contributed by atoms with Crippen LogP contribution < -0.4 is 5.32 Å². The van der Waals surface area contributed by atoms with Gasteiger partial charge in [0.2, 0.25) is 0 Å². The zero-order chi connectivity index (χ0) is 10.5. The molecule has 0 heterocycles. The molecule has 2 rings (SSSR count). The van der Waals surface area contributed by atoms with Crippen LogP contribution in [-0.2, 0) is 0 Å². The molecule has 2 heteroatoms. The van der Waals surface area contributed by atoms with Crippen molar-refractivity contribution in [2.24, 2.45) is 5.92 Å². The van der Waals surface area contributed by atoms with Crippen LogP contribution in [0.15, 0.2) is 30.3 Å². The van der Waals surface area contributed by atoms with E-state index in [0.29, 0.717) is 18.6 Å². The molecule has 2 N–H and O–H groups in total. The van der Waals surface area contributed by atoms with Crippen LogP contribution in [0.5, 0.6) is 0 Å². The van der Waals surface area contributed by atoms with Crippen molar-refractivity contribution in [3.05, 3.63) is 30.3 Å². The van der Waals surface area contributed by atoms with Crippen molar-refractivity contribution in [2.75, 3.05) is 11.9 Å². The predicted octanol–water partition coefficient (Wildman–Crippen LogP) is 2.65. The number of aliphatic hydroxyl groups is 1. The second-order valence-corrected chi connectivity index (χ2v) is 4.34. The highest BCUT2D eigenvalue weighted by Crippen LogP contribution is 2.26. The van der Waals surface area contributed by atoms with E-state index in [2.05, 4.69) is 17.4 Å². The van der Waals surface area contributed by atoms with Crippen molar-refractivity contribution in [3.8, 4) is 0 Å². The smallest absolute Gasteiger partial charge is 0.0478 e. The Kier molecular flexibility index (Phi) is 3.62. The van der Waals surface area contributed by atoms with Crippen LogP contribution in [0.25, 0.3) is 0 Å². The van der Waals surface area contributed by atoms with E-state index >= 15 is 0 Å². The van der Waals surface area contributed by atoms with E-state index < -0.39 is 0 Å². The van der Waals surface area contributed by atoms with Gasteiger partial charge in [0.25, 0.3) is 0 Å². The van der Waals surface area contributed by atoms with E-state index in [9.17, 15) is 5.11 Å². The van der Waals surface area contributed by atoms with Crippen molar-refractivity contribution >= 4 is 5.69 Å². The molecular formula is C13H19NO. The molecule has 1 aromatic rings. The normalized spacial score (nSPS) is 26.2. The number of para-hydroxylation sites is 1. The zero-order valence-corrected chi connectivity index (χ0v) is 9.02. The average molecular weight is 205 g/mol. The van der Waals surface area contributed by atoms with E-state index in [1.54, 1.807) is 0 Å². The van der Waals surface area contributed by atoms with Crippen molar-refractivity contribution < 1.29 is 5.11 Å². The standard InChI is InChI=1S/C13H19NO/c15-10-11-6-4-5-9-13(11)14-12-7-2-1-3-8-12/h1-3,7-8,11,13-15H,4-6,9-10H2. The van der Waals surface area contributed by atoms with Crippen LogP contribution in [0.1, 0.15) is 25.7 Å². The van der Waals surface area contributed by atoms with Crippen LogP contribution in [-0.4, -0.2) is 17.8 Å². The SMILES string of the molecule is OCC1CCCCC1Nc1ccccc1. The fourth-order valence-electron chi connectivity index (χ4n) is 2.36. The maximum absolute atomic E-state index is 9.30. The van der Waals surface area contributed by atoms with E-state index in [1.807, 2.05) is 18.2 Å². The summed E-state index contributed by atoms with van der Waals surface area (Å²) in [6.07, 6.45) is 4.88. The Hall–Kier alpha value is -1.02. The Balaban J connectivity index is 1.97. The molecular weight excluding hydrogens is 186 g/mol. The summed E-state index contributed by atoms with van der Waals surface area (Å²) in [5, 5.41) is 12.8. The first kappa shape index (κ1) is 10.5. The van der Waals surface area contributed by atoms with E-state index in [1.165, 1.54) is 24.9 Å². The number of nitrogens with one attached hydrogen (secondary N) is 1. The van der Waals surface area contributed by atoms with Crippen molar-refractivity contribution in [3.63, 3.8) is 0 Å². The first-order valence-corrected chi connectivity index (χ1v) is 5.82. The van der Waals surface area contributed by atoms with Gasteiger partial charge < -0.3 is 10.4 Å². The summed E-state index contributed by atoms with van der Waals surface area (Å²) in [5.74, 6) is 0.430. The van der Waals surface area contributed by atoms with Gasteiger partial charge in [-0.05, 0) is 25.0 Å². The lowest BCUT2D eigenvalue weighted by Gasteiger charge is -2.31. The highest BCUT2D eigenvalue weighted by atomic mass is 16.3. The maximum Gasteiger partial charge on any atom is 0.0478 e. The minimum absolute atomic E-state index is 0.310. The minimum atomic E-state index is 0.310. The second kappa shape index (κ2) is 5.17. The lowest BCUT2D eigenvalue weighted by Crippen LogP contribution is -2.34. The van der Waals surface area contributed by atoms with Gasteiger partial charge in [-0.2, -0.15) is 0 Å². The van der Waals surface area contributed by atoms with Crippen LogP contribution in [0.3, 0.4) is 0 Å². The molecule has 1 saturated carbocycles. The van der Waals surface area contributed by atoms with Crippen LogP contribution in [0.2, 0.25) is 0 Å². The van der Waals surface area contributed by atoms with Gasteiger partial charge in [-0.1, -0.05) is 31.0 Å². The number of hydrogen-bond donors (Lipinski definition) is 2. The Bertz CT molecular complexity index is 286. The van der Waals surface area contributed by atoms with Gasteiger partial charge in [-0.15, -0.1) is 0 Å². The van der Waals surface area contributed by atoms with E-state index in [-0.39, 0.29) is 0 Å². The summed E-state index contributed by atoms with van der Waals surface area (Å²) in [4.78, 5) is 0. The molecule has 2 unspecified atom stereocenters. The van der Waals surface area contributed by atoms with Crippen molar-refractivity contribution in [1.29, 1.82) is 0 Å². The molecule has 0 radical (unpaired) electrons. The summed E-state index contributed by atoms with van der Waals surface area (Å²) >= 11 is 0. The van der Waals surface area contributed by atoms with Crippen LogP contribution in [0, 0.1) is 5.92 Å². The quantitative estimate of drug-likeness (QED) is 0.795. The molecule has 0 bridgehead atoms.